The van der Waals surface area contributed by atoms with E-state index in [4.69, 9.17) is 17.1 Å². The summed E-state index contributed by atoms with van der Waals surface area (Å²) in [6.45, 7) is 0. The van der Waals surface area contributed by atoms with Gasteiger partial charge in [0.15, 0.2) is 0 Å². The van der Waals surface area contributed by atoms with E-state index in [1.165, 1.54) is 4.90 Å². The number of likely N-dealkylation sites (tertiary alicyclic amines) is 1. The summed E-state index contributed by atoms with van der Waals surface area (Å²) in [5.74, 6) is -0.879. The molecule has 0 aliphatic carbocycles. The molecule has 0 saturated carbocycles. The number of carbonyl (C=O) groups excluding carboxylic acids is 2. The van der Waals surface area contributed by atoms with Crippen molar-refractivity contribution in [2.45, 2.75) is 11.5 Å². The van der Waals surface area contributed by atoms with Crippen molar-refractivity contribution >= 4 is 29.1 Å². The third kappa shape index (κ3) is 3.56. The number of benzene rings is 4. The average molecular weight is 479 g/mol. The molecule has 0 N–H and O–H groups in total. The van der Waals surface area contributed by atoms with Crippen LogP contribution in [0.1, 0.15) is 33.1 Å². The summed E-state index contributed by atoms with van der Waals surface area (Å²) in [4.78, 5) is 32.1. The molecule has 0 unspecified atom stereocenters. The summed E-state index contributed by atoms with van der Waals surface area (Å²) < 4.78 is 0. The summed E-state index contributed by atoms with van der Waals surface area (Å²) in [5.41, 5.74) is 10.5. The summed E-state index contributed by atoms with van der Waals surface area (Å²) in [6.07, 6.45) is 0. The molecule has 1 saturated heterocycles. The highest BCUT2D eigenvalue weighted by Crippen LogP contribution is 2.56. The summed E-state index contributed by atoms with van der Waals surface area (Å²) >= 11 is 6.17. The second kappa shape index (κ2) is 9.11. The van der Waals surface area contributed by atoms with Crippen molar-refractivity contribution in [3.8, 4) is 0 Å². The second-order valence-corrected chi connectivity index (χ2v) is 8.62. The minimum atomic E-state index is -1.13. The lowest BCUT2D eigenvalue weighted by Crippen LogP contribution is -2.68. The first-order valence-corrected chi connectivity index (χ1v) is 11.4. The highest BCUT2D eigenvalue weighted by Gasteiger charge is 2.65. The van der Waals surface area contributed by atoms with Gasteiger partial charge < -0.3 is 0 Å². The monoisotopic (exact) mass is 478 g/mol. The molecule has 6 nitrogen and oxygen atoms in total. The number of imide groups is 1. The van der Waals surface area contributed by atoms with E-state index in [1.54, 1.807) is 36.4 Å². The molecule has 0 radical (unpaired) electrons. The normalized spacial score (nSPS) is 16.2. The van der Waals surface area contributed by atoms with E-state index >= 15 is 0 Å². The number of nitrogens with zero attached hydrogens (tertiary/aromatic N) is 4. The van der Waals surface area contributed by atoms with E-state index in [0.717, 1.165) is 16.7 Å². The van der Waals surface area contributed by atoms with Gasteiger partial charge in [-0.25, -0.2) is 0 Å². The predicted octanol–water partition coefficient (Wildman–Crippen LogP) is 6.99. The molecule has 1 aliphatic heterocycles. The number of azide groups is 1. The zero-order valence-electron chi connectivity index (χ0n) is 18.5. The van der Waals surface area contributed by atoms with Gasteiger partial charge in [-0.05, 0) is 40.4 Å². The molecule has 1 atom stereocenters. The third-order valence-electron chi connectivity index (χ3n) is 6.37. The maximum Gasteiger partial charge on any atom is 0.261 e. The summed E-state index contributed by atoms with van der Waals surface area (Å²) in [7, 11) is 0. The highest BCUT2D eigenvalue weighted by atomic mass is 35.5. The Hall–Kier alpha value is -4.38. The quantitative estimate of drug-likeness (QED) is 0.102. The Labute approximate surface area is 207 Å². The molecule has 0 spiro atoms. The fourth-order valence-corrected chi connectivity index (χ4v) is 4.98. The van der Waals surface area contributed by atoms with Gasteiger partial charge in [-0.3, -0.25) is 14.5 Å². The van der Waals surface area contributed by atoms with Gasteiger partial charge in [-0.1, -0.05) is 108 Å². The number of hydrogen-bond acceptors (Lipinski definition) is 3. The maximum atomic E-state index is 14.2. The first kappa shape index (κ1) is 22.4. The molecular formula is C28H19ClN4O2. The lowest BCUT2D eigenvalue weighted by molar-refractivity contribution is -0.152. The van der Waals surface area contributed by atoms with E-state index in [0.29, 0.717) is 5.02 Å². The smallest absolute Gasteiger partial charge is 0.261 e. The molecule has 2 amide bonds. The molecule has 5 rings (SSSR count). The van der Waals surface area contributed by atoms with Crippen molar-refractivity contribution in [1.82, 2.24) is 4.90 Å². The molecule has 0 aromatic heterocycles. The number of carbonyl (C=O) groups is 2. The van der Waals surface area contributed by atoms with Crippen molar-refractivity contribution in [2.24, 2.45) is 5.11 Å². The van der Waals surface area contributed by atoms with E-state index in [-0.39, 0.29) is 17.2 Å². The Morgan fingerprint density at radius 3 is 1.94 bits per heavy atom. The zero-order valence-corrected chi connectivity index (χ0v) is 19.2. The lowest BCUT2D eigenvalue weighted by Gasteiger charge is -2.55. The van der Waals surface area contributed by atoms with Gasteiger partial charge in [0.2, 0.25) is 5.91 Å². The van der Waals surface area contributed by atoms with Crippen LogP contribution in [0.3, 0.4) is 0 Å². The van der Waals surface area contributed by atoms with Crippen LogP contribution in [0.25, 0.3) is 10.4 Å². The second-order valence-electron chi connectivity index (χ2n) is 8.18. The van der Waals surface area contributed by atoms with Crippen molar-refractivity contribution < 1.29 is 9.59 Å². The Morgan fingerprint density at radius 1 is 0.829 bits per heavy atom. The first-order valence-electron chi connectivity index (χ1n) is 11.0. The van der Waals surface area contributed by atoms with Crippen LogP contribution in [-0.4, -0.2) is 16.7 Å². The molecule has 4 aromatic carbocycles. The largest absolute Gasteiger partial charge is 0.273 e. The van der Waals surface area contributed by atoms with Crippen molar-refractivity contribution in [3.63, 3.8) is 0 Å². The number of amides is 2. The van der Waals surface area contributed by atoms with E-state index in [1.807, 2.05) is 72.8 Å². The number of rotatable bonds is 5. The standard InChI is InChI=1S/C28H19ClN4O2/c29-22-17-15-19(16-18-22)25-28(20-9-3-1-4-10-20,21-11-5-2-6-12-21)27(35)33(25)26(34)23-13-7-8-14-24(23)31-32-30/h1-18,25H/t25-/m0/s1. The van der Waals surface area contributed by atoms with Crippen LogP contribution in [0, 0.1) is 0 Å². The molecule has 4 aromatic rings. The van der Waals surface area contributed by atoms with Gasteiger partial charge in [-0.2, -0.15) is 0 Å². The predicted molar refractivity (Wildman–Crippen MR) is 134 cm³/mol. The Morgan fingerprint density at radius 2 is 1.37 bits per heavy atom. The maximum absolute atomic E-state index is 14.2. The topological polar surface area (TPSA) is 86.1 Å². The molecule has 7 heteroatoms. The van der Waals surface area contributed by atoms with Crippen molar-refractivity contribution in [1.29, 1.82) is 0 Å². The van der Waals surface area contributed by atoms with Gasteiger partial charge in [0, 0.05) is 15.5 Å². The minimum absolute atomic E-state index is 0.160. The number of halogens is 1. The molecule has 1 heterocycles. The zero-order chi connectivity index (χ0) is 24.4. The number of β-lactam (4-membered cyclic amide) rings is 1. The Kier molecular flexibility index (Phi) is 5.83. The first-order chi connectivity index (χ1) is 17.1. The summed E-state index contributed by atoms with van der Waals surface area (Å²) in [5, 5.41) is 4.21. The Bertz CT molecular complexity index is 1410. The lowest BCUT2D eigenvalue weighted by atomic mass is 9.59. The summed E-state index contributed by atoms with van der Waals surface area (Å²) in [6, 6.07) is 31.9. The van der Waals surface area contributed by atoms with Crippen molar-refractivity contribution in [3.05, 3.63) is 147 Å². The van der Waals surface area contributed by atoms with Gasteiger partial charge >= 0.3 is 0 Å². The fourth-order valence-electron chi connectivity index (χ4n) is 4.86. The molecule has 1 aliphatic rings. The van der Waals surface area contributed by atoms with E-state index in [2.05, 4.69) is 10.0 Å². The van der Waals surface area contributed by atoms with Crippen LogP contribution in [0.15, 0.2) is 114 Å². The average Bonchev–Trinajstić information content (AvgIpc) is 2.90. The molecule has 0 bridgehead atoms. The van der Waals surface area contributed by atoms with Crippen LogP contribution >= 0.6 is 11.6 Å². The van der Waals surface area contributed by atoms with Gasteiger partial charge in [0.25, 0.3) is 5.91 Å². The van der Waals surface area contributed by atoms with Crippen LogP contribution in [0.4, 0.5) is 5.69 Å². The van der Waals surface area contributed by atoms with Crippen molar-refractivity contribution in [2.75, 3.05) is 0 Å². The molecule has 170 valence electrons. The minimum Gasteiger partial charge on any atom is -0.273 e. The number of hydrogen-bond donors (Lipinski definition) is 0. The fraction of sp³-hybridized carbons (Fsp3) is 0.0714. The third-order valence-corrected chi connectivity index (χ3v) is 6.63. The molecule has 1 fully saturated rings. The van der Waals surface area contributed by atoms with Gasteiger partial charge in [0.1, 0.15) is 5.41 Å². The van der Waals surface area contributed by atoms with Gasteiger partial charge in [0.05, 0.1) is 11.7 Å². The van der Waals surface area contributed by atoms with Crippen LogP contribution in [0.2, 0.25) is 5.02 Å². The van der Waals surface area contributed by atoms with Crippen LogP contribution in [-0.2, 0) is 10.2 Å². The highest BCUT2D eigenvalue weighted by molar-refractivity contribution is 6.30. The molecule has 35 heavy (non-hydrogen) atoms. The van der Waals surface area contributed by atoms with Gasteiger partial charge in [-0.15, -0.1) is 0 Å². The van der Waals surface area contributed by atoms with Crippen LogP contribution in [0.5, 0.6) is 0 Å². The SMILES string of the molecule is [N-]=[N+]=Nc1ccccc1C(=O)N1C(=O)C(c2ccccc2)(c2ccccc2)[C@@H]1c1ccc(Cl)cc1. The van der Waals surface area contributed by atoms with Crippen LogP contribution < -0.4 is 0 Å². The Balaban J connectivity index is 1.75. The van der Waals surface area contributed by atoms with E-state index < -0.39 is 17.4 Å². The molecular weight excluding hydrogens is 460 g/mol. The van der Waals surface area contributed by atoms with E-state index in [9.17, 15) is 9.59 Å².